The van der Waals surface area contributed by atoms with Crippen LogP contribution in [0.1, 0.15) is 11.3 Å². The molecule has 1 aromatic heterocycles. The Morgan fingerprint density at radius 1 is 1.18 bits per heavy atom. The number of hydrogen-bond acceptors (Lipinski definition) is 4. The van der Waals surface area contributed by atoms with Crippen LogP contribution in [-0.2, 0) is 0 Å². The summed E-state index contributed by atoms with van der Waals surface area (Å²) in [5.74, 6) is 1.64. The van der Waals surface area contributed by atoms with E-state index in [4.69, 9.17) is 4.52 Å². The van der Waals surface area contributed by atoms with E-state index in [-0.39, 0.29) is 6.03 Å². The Morgan fingerprint density at radius 3 is 2.59 bits per heavy atom. The number of aromatic nitrogens is 1. The fourth-order valence-corrected chi connectivity index (χ4v) is 2.57. The predicted molar refractivity (Wildman–Crippen MR) is 85.2 cm³/mol. The van der Waals surface area contributed by atoms with E-state index in [0.717, 1.165) is 35.9 Å². The largest absolute Gasteiger partial charge is 0.360 e. The second-order valence-electron chi connectivity index (χ2n) is 5.57. The molecule has 3 rings (SSSR count). The molecule has 0 unspecified atom stereocenters. The summed E-state index contributed by atoms with van der Waals surface area (Å²) in [6.07, 6.45) is 0. The fraction of sp³-hybridized carbons (Fsp3) is 0.375. The summed E-state index contributed by atoms with van der Waals surface area (Å²) in [6.45, 7) is 6.74. The molecular weight excluding hydrogens is 280 g/mol. The first-order valence-corrected chi connectivity index (χ1v) is 7.43. The van der Waals surface area contributed by atoms with Crippen LogP contribution < -0.4 is 10.2 Å². The van der Waals surface area contributed by atoms with Gasteiger partial charge >= 0.3 is 6.03 Å². The quantitative estimate of drug-likeness (QED) is 0.926. The summed E-state index contributed by atoms with van der Waals surface area (Å²) in [4.78, 5) is 16.2. The number of benzene rings is 1. The molecule has 1 aromatic carbocycles. The van der Waals surface area contributed by atoms with Gasteiger partial charge in [0, 0.05) is 37.9 Å². The highest BCUT2D eigenvalue weighted by Gasteiger charge is 2.22. The van der Waals surface area contributed by atoms with Crippen LogP contribution in [0.5, 0.6) is 0 Å². The molecule has 0 aliphatic carbocycles. The molecule has 2 aromatic rings. The van der Waals surface area contributed by atoms with Gasteiger partial charge in [-0.25, -0.2) is 4.79 Å². The van der Waals surface area contributed by atoms with E-state index in [1.807, 2.05) is 49.1 Å². The molecule has 22 heavy (non-hydrogen) atoms. The molecule has 0 spiro atoms. The topological polar surface area (TPSA) is 61.6 Å². The van der Waals surface area contributed by atoms with Crippen LogP contribution in [0.4, 0.5) is 16.3 Å². The second kappa shape index (κ2) is 6.09. The molecule has 0 atom stereocenters. The van der Waals surface area contributed by atoms with Crippen molar-refractivity contribution >= 4 is 17.5 Å². The van der Waals surface area contributed by atoms with Gasteiger partial charge in [-0.2, -0.15) is 0 Å². The van der Waals surface area contributed by atoms with Gasteiger partial charge in [-0.05, 0) is 31.5 Å². The van der Waals surface area contributed by atoms with Crippen LogP contribution in [0.2, 0.25) is 0 Å². The van der Waals surface area contributed by atoms with Crippen LogP contribution in [-0.4, -0.2) is 42.3 Å². The normalized spacial score (nSPS) is 15.0. The lowest BCUT2D eigenvalue weighted by molar-refractivity contribution is 0.208. The number of nitrogens with one attached hydrogen (secondary N) is 1. The Bertz CT molecular complexity index is 660. The van der Waals surface area contributed by atoms with Gasteiger partial charge < -0.3 is 19.6 Å². The Labute approximate surface area is 129 Å². The maximum Gasteiger partial charge on any atom is 0.321 e. The van der Waals surface area contributed by atoms with E-state index < -0.39 is 0 Å². The predicted octanol–water partition coefficient (Wildman–Crippen LogP) is 2.65. The van der Waals surface area contributed by atoms with Crippen LogP contribution in [0, 0.1) is 13.8 Å². The molecule has 0 radical (unpaired) electrons. The van der Waals surface area contributed by atoms with Crippen LogP contribution >= 0.6 is 0 Å². The van der Waals surface area contributed by atoms with Crippen molar-refractivity contribution in [2.24, 2.45) is 0 Å². The maximum absolute atomic E-state index is 12.3. The highest BCUT2D eigenvalue weighted by Crippen LogP contribution is 2.17. The van der Waals surface area contributed by atoms with Crippen molar-refractivity contribution in [1.29, 1.82) is 0 Å². The molecule has 1 N–H and O–H groups in total. The minimum atomic E-state index is -0.0541. The second-order valence-corrected chi connectivity index (χ2v) is 5.57. The highest BCUT2D eigenvalue weighted by atomic mass is 16.5. The van der Waals surface area contributed by atoms with E-state index in [2.05, 4.69) is 15.4 Å². The van der Waals surface area contributed by atoms with E-state index in [1.54, 1.807) is 0 Å². The van der Waals surface area contributed by atoms with E-state index in [9.17, 15) is 4.79 Å². The number of anilines is 2. The molecule has 1 fully saturated rings. The molecule has 2 heterocycles. The molecule has 1 aliphatic heterocycles. The Morgan fingerprint density at radius 2 is 1.95 bits per heavy atom. The van der Waals surface area contributed by atoms with Gasteiger partial charge in [0.15, 0.2) is 5.82 Å². The first-order valence-electron chi connectivity index (χ1n) is 7.43. The standard InChI is InChI=1S/C16H20N4O2/c1-12-4-3-5-14(10-12)17-16(21)20-8-6-19(7-9-20)15-11-13(2)22-18-15/h3-5,10-11H,6-9H2,1-2H3,(H,17,21). The number of piperazine rings is 1. The maximum atomic E-state index is 12.3. The van der Waals surface area contributed by atoms with E-state index >= 15 is 0 Å². The summed E-state index contributed by atoms with van der Waals surface area (Å²) < 4.78 is 5.10. The number of hydrogen-bond donors (Lipinski definition) is 1. The molecule has 6 heteroatoms. The van der Waals surface area contributed by atoms with E-state index in [1.165, 1.54) is 0 Å². The van der Waals surface area contributed by atoms with Crippen molar-refractivity contribution in [3.63, 3.8) is 0 Å². The number of carbonyl (C=O) groups is 1. The van der Waals surface area contributed by atoms with E-state index in [0.29, 0.717) is 13.1 Å². The zero-order valence-electron chi connectivity index (χ0n) is 12.9. The third-order valence-corrected chi connectivity index (χ3v) is 3.78. The van der Waals surface area contributed by atoms with Gasteiger partial charge in [-0.15, -0.1) is 0 Å². The zero-order chi connectivity index (χ0) is 15.5. The summed E-state index contributed by atoms with van der Waals surface area (Å²) in [7, 11) is 0. The number of amides is 2. The minimum absolute atomic E-state index is 0.0541. The molecule has 0 saturated carbocycles. The van der Waals surface area contributed by atoms with Crippen molar-refractivity contribution in [2.75, 3.05) is 36.4 Å². The van der Waals surface area contributed by atoms with Gasteiger partial charge in [0.05, 0.1) is 0 Å². The molecule has 116 valence electrons. The number of urea groups is 1. The summed E-state index contributed by atoms with van der Waals surface area (Å²) in [6, 6.07) is 9.68. The van der Waals surface area contributed by atoms with Crippen molar-refractivity contribution < 1.29 is 9.32 Å². The number of rotatable bonds is 2. The van der Waals surface area contributed by atoms with Gasteiger partial charge in [0.25, 0.3) is 0 Å². The average Bonchev–Trinajstić information content (AvgIpc) is 2.94. The molecule has 0 bridgehead atoms. The van der Waals surface area contributed by atoms with Crippen molar-refractivity contribution in [3.05, 3.63) is 41.7 Å². The number of nitrogens with zero attached hydrogens (tertiary/aromatic N) is 3. The summed E-state index contributed by atoms with van der Waals surface area (Å²) in [5.41, 5.74) is 1.96. The van der Waals surface area contributed by atoms with Crippen LogP contribution in [0.3, 0.4) is 0 Å². The molecular formula is C16H20N4O2. The van der Waals surface area contributed by atoms with Crippen LogP contribution in [0.25, 0.3) is 0 Å². The Balaban J connectivity index is 1.55. The smallest absolute Gasteiger partial charge is 0.321 e. The molecule has 6 nitrogen and oxygen atoms in total. The third-order valence-electron chi connectivity index (χ3n) is 3.78. The first-order chi connectivity index (χ1) is 10.6. The third kappa shape index (κ3) is 3.21. The van der Waals surface area contributed by atoms with Gasteiger partial charge in [-0.3, -0.25) is 0 Å². The lowest BCUT2D eigenvalue weighted by Crippen LogP contribution is -2.50. The Hall–Kier alpha value is -2.50. The Kier molecular flexibility index (Phi) is 4.00. The summed E-state index contributed by atoms with van der Waals surface area (Å²) >= 11 is 0. The molecule has 2 amide bonds. The highest BCUT2D eigenvalue weighted by molar-refractivity contribution is 5.89. The SMILES string of the molecule is Cc1cccc(NC(=O)N2CCN(c3cc(C)on3)CC2)c1. The lowest BCUT2D eigenvalue weighted by Gasteiger charge is -2.34. The van der Waals surface area contributed by atoms with Crippen molar-refractivity contribution in [2.45, 2.75) is 13.8 Å². The number of carbonyl (C=O) groups excluding carboxylic acids is 1. The molecule has 1 aliphatic rings. The minimum Gasteiger partial charge on any atom is -0.360 e. The fourth-order valence-electron chi connectivity index (χ4n) is 2.57. The average molecular weight is 300 g/mol. The summed E-state index contributed by atoms with van der Waals surface area (Å²) in [5, 5.41) is 6.96. The lowest BCUT2D eigenvalue weighted by atomic mass is 10.2. The van der Waals surface area contributed by atoms with Crippen LogP contribution in [0.15, 0.2) is 34.9 Å². The van der Waals surface area contributed by atoms with Crippen molar-refractivity contribution in [1.82, 2.24) is 10.1 Å². The number of aryl methyl sites for hydroxylation is 2. The first kappa shape index (κ1) is 14.4. The monoisotopic (exact) mass is 300 g/mol. The van der Waals surface area contributed by atoms with Gasteiger partial charge in [0.1, 0.15) is 5.76 Å². The zero-order valence-corrected chi connectivity index (χ0v) is 12.9. The van der Waals surface area contributed by atoms with Gasteiger partial charge in [-0.1, -0.05) is 17.3 Å². The molecule has 1 saturated heterocycles. The van der Waals surface area contributed by atoms with Crippen molar-refractivity contribution in [3.8, 4) is 0 Å². The van der Waals surface area contributed by atoms with Gasteiger partial charge in [0.2, 0.25) is 0 Å².